The molecule has 3 rings (SSSR count). The molecule has 0 saturated heterocycles. The largest absolute Gasteiger partial charge is 0.494 e. The van der Waals surface area contributed by atoms with Crippen molar-refractivity contribution in [3.63, 3.8) is 0 Å². The SMILES string of the molecule is CCc1nn(C)cc1-n1c(N)nc2c(OC)cccc21. The summed E-state index contributed by atoms with van der Waals surface area (Å²) in [5, 5.41) is 4.46. The molecule has 0 aliphatic carbocycles. The first-order valence-electron chi connectivity index (χ1n) is 6.49. The minimum absolute atomic E-state index is 0.437. The van der Waals surface area contributed by atoms with E-state index in [-0.39, 0.29) is 0 Å². The first-order chi connectivity index (χ1) is 9.65. The van der Waals surface area contributed by atoms with Crippen LogP contribution in [0.15, 0.2) is 24.4 Å². The van der Waals surface area contributed by atoms with E-state index in [4.69, 9.17) is 10.5 Å². The van der Waals surface area contributed by atoms with Crippen molar-refractivity contribution in [1.82, 2.24) is 19.3 Å². The van der Waals surface area contributed by atoms with Crippen molar-refractivity contribution < 1.29 is 4.74 Å². The van der Waals surface area contributed by atoms with Gasteiger partial charge in [-0.1, -0.05) is 13.0 Å². The molecule has 20 heavy (non-hydrogen) atoms. The number of nitrogen functional groups attached to an aromatic ring is 1. The fraction of sp³-hybridized carbons (Fsp3) is 0.286. The molecule has 1 aromatic carbocycles. The van der Waals surface area contributed by atoms with Crippen LogP contribution in [0, 0.1) is 0 Å². The van der Waals surface area contributed by atoms with Gasteiger partial charge in [0.2, 0.25) is 5.95 Å². The third kappa shape index (κ3) is 1.72. The number of rotatable bonds is 3. The Morgan fingerprint density at radius 1 is 1.35 bits per heavy atom. The van der Waals surface area contributed by atoms with Crippen LogP contribution in [0.5, 0.6) is 5.75 Å². The average molecular weight is 271 g/mol. The minimum Gasteiger partial charge on any atom is -0.494 e. The number of fused-ring (bicyclic) bond motifs is 1. The standard InChI is InChI=1S/C14H17N5O/c1-4-9-11(8-18(2)17-9)19-10-6-5-7-12(20-3)13(10)16-14(19)15/h5-8H,4H2,1-3H3,(H2,15,16). The van der Waals surface area contributed by atoms with Crippen molar-refractivity contribution in [3.05, 3.63) is 30.1 Å². The summed E-state index contributed by atoms with van der Waals surface area (Å²) in [5.74, 6) is 1.15. The molecule has 0 spiro atoms. The highest BCUT2D eigenvalue weighted by molar-refractivity contribution is 5.86. The van der Waals surface area contributed by atoms with Crippen LogP contribution in [-0.4, -0.2) is 26.4 Å². The third-order valence-corrected chi connectivity index (χ3v) is 3.35. The summed E-state index contributed by atoms with van der Waals surface area (Å²) in [6.45, 7) is 2.07. The molecule has 0 radical (unpaired) electrons. The summed E-state index contributed by atoms with van der Waals surface area (Å²) in [4.78, 5) is 4.42. The molecule has 0 atom stereocenters. The van der Waals surface area contributed by atoms with E-state index in [9.17, 15) is 0 Å². The predicted molar refractivity (Wildman–Crippen MR) is 78.2 cm³/mol. The zero-order valence-electron chi connectivity index (χ0n) is 11.8. The van der Waals surface area contributed by atoms with E-state index in [1.165, 1.54) is 0 Å². The monoisotopic (exact) mass is 271 g/mol. The number of anilines is 1. The van der Waals surface area contributed by atoms with Crippen molar-refractivity contribution in [2.75, 3.05) is 12.8 Å². The Bertz CT molecular complexity index is 771. The van der Waals surface area contributed by atoms with E-state index >= 15 is 0 Å². The molecule has 0 bridgehead atoms. The molecule has 6 nitrogen and oxygen atoms in total. The topological polar surface area (TPSA) is 70.9 Å². The number of aryl methyl sites for hydroxylation is 2. The molecule has 2 N–H and O–H groups in total. The average Bonchev–Trinajstić information content (AvgIpc) is 2.96. The summed E-state index contributed by atoms with van der Waals surface area (Å²) in [5.41, 5.74) is 9.73. The highest BCUT2D eigenvalue weighted by atomic mass is 16.5. The number of hydrogen-bond donors (Lipinski definition) is 1. The van der Waals surface area contributed by atoms with Gasteiger partial charge in [-0.15, -0.1) is 0 Å². The number of aromatic nitrogens is 4. The maximum Gasteiger partial charge on any atom is 0.206 e. The zero-order valence-corrected chi connectivity index (χ0v) is 11.8. The molecule has 2 aromatic heterocycles. The van der Waals surface area contributed by atoms with Crippen molar-refractivity contribution in [2.24, 2.45) is 7.05 Å². The number of benzene rings is 1. The molecule has 0 unspecified atom stereocenters. The van der Waals surface area contributed by atoms with E-state index in [2.05, 4.69) is 17.0 Å². The highest BCUT2D eigenvalue weighted by Crippen LogP contribution is 2.30. The van der Waals surface area contributed by atoms with E-state index in [0.29, 0.717) is 5.95 Å². The second-order valence-corrected chi connectivity index (χ2v) is 4.62. The highest BCUT2D eigenvalue weighted by Gasteiger charge is 2.17. The number of methoxy groups -OCH3 is 1. The Hall–Kier alpha value is -2.50. The molecule has 0 aliphatic rings. The van der Waals surface area contributed by atoms with Crippen LogP contribution in [0.1, 0.15) is 12.6 Å². The molecule has 0 amide bonds. The van der Waals surface area contributed by atoms with Gasteiger partial charge in [0, 0.05) is 13.2 Å². The molecular weight excluding hydrogens is 254 g/mol. The number of imidazole rings is 1. The first kappa shape index (κ1) is 12.5. The molecule has 0 fully saturated rings. The smallest absolute Gasteiger partial charge is 0.206 e. The number of nitrogens with two attached hydrogens (primary N) is 1. The fourth-order valence-electron chi connectivity index (χ4n) is 2.47. The van der Waals surface area contributed by atoms with Crippen LogP contribution in [0.25, 0.3) is 16.7 Å². The van der Waals surface area contributed by atoms with E-state index in [0.717, 1.165) is 34.6 Å². The number of nitrogens with zero attached hydrogens (tertiary/aromatic N) is 4. The second-order valence-electron chi connectivity index (χ2n) is 4.62. The summed E-state index contributed by atoms with van der Waals surface area (Å²) >= 11 is 0. The van der Waals surface area contributed by atoms with Crippen molar-refractivity contribution in [1.29, 1.82) is 0 Å². The maximum absolute atomic E-state index is 6.10. The van der Waals surface area contributed by atoms with Gasteiger partial charge in [0.05, 0.1) is 24.0 Å². The van der Waals surface area contributed by atoms with Gasteiger partial charge < -0.3 is 10.5 Å². The molecule has 2 heterocycles. The van der Waals surface area contributed by atoms with Crippen molar-refractivity contribution >= 4 is 17.0 Å². The van der Waals surface area contributed by atoms with Crippen molar-refractivity contribution in [2.45, 2.75) is 13.3 Å². The summed E-state index contributed by atoms with van der Waals surface area (Å²) in [6, 6.07) is 5.79. The molecule has 0 aliphatic heterocycles. The van der Waals surface area contributed by atoms with Crippen LogP contribution in [0.4, 0.5) is 5.95 Å². The summed E-state index contributed by atoms with van der Waals surface area (Å²) in [6.07, 6.45) is 2.79. The van der Waals surface area contributed by atoms with Gasteiger partial charge in [-0.3, -0.25) is 9.25 Å². The van der Waals surface area contributed by atoms with E-state index in [1.807, 2.05) is 36.0 Å². The van der Waals surface area contributed by atoms with Gasteiger partial charge in [0.15, 0.2) is 0 Å². The van der Waals surface area contributed by atoms with E-state index < -0.39 is 0 Å². The minimum atomic E-state index is 0.437. The third-order valence-electron chi connectivity index (χ3n) is 3.35. The van der Waals surface area contributed by atoms with Gasteiger partial charge in [-0.05, 0) is 18.6 Å². The van der Waals surface area contributed by atoms with Crippen LogP contribution >= 0.6 is 0 Å². The molecule has 0 saturated carbocycles. The molecular formula is C14H17N5O. The summed E-state index contributed by atoms with van der Waals surface area (Å²) < 4.78 is 9.05. The predicted octanol–water partition coefficient (Wildman–Crippen LogP) is 1.91. The maximum atomic E-state index is 6.10. The molecule has 3 aromatic rings. The lowest BCUT2D eigenvalue weighted by Crippen LogP contribution is -2.02. The Morgan fingerprint density at radius 3 is 2.85 bits per heavy atom. The van der Waals surface area contributed by atoms with Gasteiger partial charge in [0.1, 0.15) is 11.3 Å². The Balaban J connectivity index is 2.33. The van der Waals surface area contributed by atoms with E-state index in [1.54, 1.807) is 11.8 Å². The van der Waals surface area contributed by atoms with Gasteiger partial charge in [-0.25, -0.2) is 4.98 Å². The van der Waals surface area contributed by atoms with Crippen LogP contribution < -0.4 is 10.5 Å². The lowest BCUT2D eigenvalue weighted by atomic mass is 10.2. The van der Waals surface area contributed by atoms with Crippen LogP contribution in [-0.2, 0) is 13.5 Å². The van der Waals surface area contributed by atoms with Gasteiger partial charge in [0.25, 0.3) is 0 Å². The normalized spacial score (nSPS) is 11.2. The molecule has 6 heteroatoms. The number of para-hydroxylation sites is 1. The number of hydrogen-bond acceptors (Lipinski definition) is 4. The molecule has 104 valence electrons. The lowest BCUT2D eigenvalue weighted by Gasteiger charge is -2.06. The number of ether oxygens (including phenoxy) is 1. The summed E-state index contributed by atoms with van der Waals surface area (Å²) in [7, 11) is 3.53. The Labute approximate surface area is 116 Å². The lowest BCUT2D eigenvalue weighted by molar-refractivity contribution is 0.419. The quantitative estimate of drug-likeness (QED) is 0.790. The Morgan fingerprint density at radius 2 is 2.15 bits per heavy atom. The zero-order chi connectivity index (χ0) is 14.3. The van der Waals surface area contributed by atoms with Crippen LogP contribution in [0.2, 0.25) is 0 Å². The van der Waals surface area contributed by atoms with Gasteiger partial charge >= 0.3 is 0 Å². The first-order valence-corrected chi connectivity index (χ1v) is 6.49. The van der Waals surface area contributed by atoms with Crippen molar-refractivity contribution in [3.8, 4) is 11.4 Å². The van der Waals surface area contributed by atoms with Gasteiger partial charge in [-0.2, -0.15) is 5.10 Å². The second kappa shape index (κ2) is 4.56. The Kier molecular flexibility index (Phi) is 2.85. The fourth-order valence-corrected chi connectivity index (χ4v) is 2.47. The van der Waals surface area contributed by atoms with Crippen LogP contribution in [0.3, 0.4) is 0 Å².